The number of hydrogen-bond donors (Lipinski definition) is 3. The number of nitrogens with zero attached hydrogens (tertiary/aromatic N) is 2. The molecule has 4 N–H and O–H groups in total. The number of amides is 1. The number of aliphatic hydroxyl groups excluding tert-OH is 1. The van der Waals surface area contributed by atoms with Crippen molar-refractivity contribution in [3.05, 3.63) is 10.6 Å². The second-order valence-corrected chi connectivity index (χ2v) is 9.59. The lowest BCUT2D eigenvalue weighted by Gasteiger charge is -2.46. The molecule has 0 radical (unpaired) electrons. The normalized spacial score (nSPS) is 34.2. The Kier molecular flexibility index (Phi) is 4.65. The highest BCUT2D eigenvalue weighted by Gasteiger charge is 2.60. The second kappa shape index (κ2) is 6.23. The molecule has 0 bridgehead atoms. The van der Waals surface area contributed by atoms with E-state index in [1.807, 2.05) is 6.92 Å². The number of fused-ring (bicyclic) bond motifs is 1. The average Bonchev–Trinajstić information content (AvgIpc) is 3.02. The lowest BCUT2D eigenvalue weighted by atomic mass is 9.79. The zero-order valence-electron chi connectivity index (χ0n) is 13.8. The summed E-state index contributed by atoms with van der Waals surface area (Å²) in [6.45, 7) is 3.87. The van der Waals surface area contributed by atoms with Crippen LogP contribution >= 0.6 is 11.8 Å². The van der Waals surface area contributed by atoms with Gasteiger partial charge in [-0.05, 0) is 13.3 Å². The molecule has 0 aromatic carbocycles. The van der Waals surface area contributed by atoms with Gasteiger partial charge in [-0.3, -0.25) is 4.79 Å². The Morgan fingerprint density at radius 1 is 1.44 bits per heavy atom. The highest BCUT2D eigenvalue weighted by molar-refractivity contribution is 8.03. The van der Waals surface area contributed by atoms with E-state index < -0.39 is 28.2 Å². The minimum atomic E-state index is -3.76. The number of aliphatic hydroxyl groups is 1. The molecule has 5 atom stereocenters. The molecule has 3 aliphatic heterocycles. The number of carbonyl (C=O) groups excluding carboxylic acids is 1. The molecule has 1 amide bonds. The van der Waals surface area contributed by atoms with Gasteiger partial charge in [-0.2, -0.15) is 12.7 Å². The smallest absolute Gasteiger partial charge is 0.353 e. The van der Waals surface area contributed by atoms with Crippen LogP contribution in [0.25, 0.3) is 0 Å². The Balaban J connectivity index is 1.83. The van der Waals surface area contributed by atoms with Gasteiger partial charge in [0.05, 0.1) is 18.1 Å². The lowest BCUT2D eigenvalue weighted by Crippen LogP contribution is -2.63. The summed E-state index contributed by atoms with van der Waals surface area (Å²) in [5.74, 6) is -2.39. The maximum atomic E-state index is 12.3. The summed E-state index contributed by atoms with van der Waals surface area (Å²) >= 11 is 1.30. The molecule has 3 rings (SSSR count). The number of nitrogens with two attached hydrogens (primary N) is 1. The fourth-order valence-electron chi connectivity index (χ4n) is 3.88. The van der Waals surface area contributed by atoms with Crippen LogP contribution in [0.5, 0.6) is 0 Å². The molecule has 0 saturated carbocycles. The lowest BCUT2D eigenvalue weighted by molar-refractivity contribution is -0.163. The van der Waals surface area contributed by atoms with Crippen LogP contribution in [0.4, 0.5) is 0 Å². The van der Waals surface area contributed by atoms with Gasteiger partial charge in [-0.15, -0.1) is 11.8 Å². The molecule has 2 unspecified atom stereocenters. The van der Waals surface area contributed by atoms with Gasteiger partial charge in [-0.1, -0.05) is 6.92 Å². The van der Waals surface area contributed by atoms with Crippen LogP contribution in [0.1, 0.15) is 20.3 Å². The number of β-lactam (4-membered cyclic amide) rings is 1. The molecule has 0 aromatic rings. The third-order valence-corrected chi connectivity index (χ3v) is 7.66. The summed E-state index contributed by atoms with van der Waals surface area (Å²) in [7, 11) is -3.76. The van der Waals surface area contributed by atoms with Crippen LogP contribution in [-0.4, -0.2) is 70.2 Å². The van der Waals surface area contributed by atoms with Crippen LogP contribution in [-0.2, 0) is 19.8 Å². The van der Waals surface area contributed by atoms with Crippen molar-refractivity contribution >= 4 is 33.8 Å². The Labute approximate surface area is 150 Å². The van der Waals surface area contributed by atoms with Crippen molar-refractivity contribution in [1.82, 2.24) is 9.21 Å². The SMILES string of the molecule is C[C@@H](O)C1C(=O)N2C(C(=O)O)=C(S[C@H]3CCN(S(N)(=O)=O)C3)[C@H](C)C12. The predicted octanol–water partition coefficient (Wildman–Crippen LogP) is -0.849. The van der Waals surface area contributed by atoms with E-state index in [1.54, 1.807) is 0 Å². The first-order chi connectivity index (χ1) is 11.5. The van der Waals surface area contributed by atoms with E-state index in [9.17, 15) is 28.2 Å². The van der Waals surface area contributed by atoms with Crippen molar-refractivity contribution in [1.29, 1.82) is 0 Å². The number of carboxylic acid groups (broad SMARTS) is 1. The van der Waals surface area contributed by atoms with E-state index in [4.69, 9.17) is 5.14 Å². The molecule has 9 nitrogen and oxygen atoms in total. The fourth-order valence-corrected chi connectivity index (χ4v) is 6.21. The van der Waals surface area contributed by atoms with Crippen molar-refractivity contribution in [2.45, 2.75) is 37.7 Å². The summed E-state index contributed by atoms with van der Waals surface area (Å²) in [4.78, 5) is 25.8. The largest absolute Gasteiger partial charge is 0.477 e. The number of aliphatic carboxylic acids is 1. The molecule has 11 heteroatoms. The second-order valence-electron chi connectivity index (χ2n) is 6.70. The zero-order valence-corrected chi connectivity index (χ0v) is 15.5. The molecule has 2 fully saturated rings. The Morgan fingerprint density at radius 3 is 2.56 bits per heavy atom. The first-order valence-electron chi connectivity index (χ1n) is 7.97. The maximum absolute atomic E-state index is 12.3. The molecule has 0 aliphatic carbocycles. The van der Waals surface area contributed by atoms with Gasteiger partial charge in [0.2, 0.25) is 5.91 Å². The molecule has 25 heavy (non-hydrogen) atoms. The third-order valence-electron chi connectivity index (χ3n) is 5.07. The van der Waals surface area contributed by atoms with Gasteiger partial charge in [0.1, 0.15) is 5.70 Å². The molecule has 0 aromatic heterocycles. The maximum Gasteiger partial charge on any atom is 0.353 e. The van der Waals surface area contributed by atoms with Crippen molar-refractivity contribution in [2.75, 3.05) is 13.1 Å². The van der Waals surface area contributed by atoms with Crippen molar-refractivity contribution < 1.29 is 28.2 Å². The highest BCUT2D eigenvalue weighted by atomic mass is 32.2. The monoisotopic (exact) mass is 391 g/mol. The third kappa shape index (κ3) is 2.97. The van der Waals surface area contributed by atoms with Crippen LogP contribution in [0.3, 0.4) is 0 Å². The van der Waals surface area contributed by atoms with Crippen molar-refractivity contribution in [3.8, 4) is 0 Å². The first kappa shape index (κ1) is 18.6. The van der Waals surface area contributed by atoms with Crippen molar-refractivity contribution in [3.63, 3.8) is 0 Å². The standard InChI is InChI=1S/C14H21N3O6S2/c1-6-10-9(7(2)18)13(19)17(10)11(14(20)21)12(6)24-8-3-4-16(5-8)25(15,22)23/h6-10,18H,3-5H2,1-2H3,(H,20,21)(H2,15,22,23)/t6-,7-,8+,9?,10?/m1/s1. The summed E-state index contributed by atoms with van der Waals surface area (Å²) in [6.07, 6.45) is -0.289. The molecular weight excluding hydrogens is 370 g/mol. The topological polar surface area (TPSA) is 141 Å². The minimum Gasteiger partial charge on any atom is -0.477 e. The van der Waals surface area contributed by atoms with E-state index in [-0.39, 0.29) is 35.4 Å². The average molecular weight is 391 g/mol. The molecule has 140 valence electrons. The van der Waals surface area contributed by atoms with E-state index >= 15 is 0 Å². The Bertz CT molecular complexity index is 750. The van der Waals surface area contributed by atoms with Crippen LogP contribution in [0.2, 0.25) is 0 Å². The predicted molar refractivity (Wildman–Crippen MR) is 90.3 cm³/mol. The van der Waals surface area contributed by atoms with E-state index in [0.29, 0.717) is 17.9 Å². The Morgan fingerprint density at radius 2 is 2.08 bits per heavy atom. The zero-order chi connectivity index (χ0) is 18.7. The molecule has 3 heterocycles. The number of hydrogen-bond acceptors (Lipinski definition) is 6. The van der Waals surface area contributed by atoms with E-state index in [2.05, 4.69) is 0 Å². The van der Waals surface area contributed by atoms with Crippen molar-refractivity contribution in [2.24, 2.45) is 17.0 Å². The van der Waals surface area contributed by atoms with Gasteiger partial charge >= 0.3 is 5.97 Å². The van der Waals surface area contributed by atoms with E-state index in [0.717, 1.165) is 0 Å². The fraction of sp³-hybridized carbons (Fsp3) is 0.714. The van der Waals surface area contributed by atoms with Gasteiger partial charge < -0.3 is 15.1 Å². The van der Waals surface area contributed by atoms with Crippen LogP contribution in [0.15, 0.2) is 10.6 Å². The quantitative estimate of drug-likeness (QED) is 0.518. The molecular formula is C14H21N3O6S2. The minimum absolute atomic E-state index is 0.0431. The summed E-state index contributed by atoms with van der Waals surface area (Å²) < 4.78 is 24.0. The molecule has 3 aliphatic rings. The number of thioether (sulfide) groups is 1. The van der Waals surface area contributed by atoms with Crippen LogP contribution < -0.4 is 5.14 Å². The van der Waals surface area contributed by atoms with Gasteiger partial charge in [-0.25, -0.2) is 9.93 Å². The van der Waals surface area contributed by atoms with Gasteiger partial charge in [0.15, 0.2) is 0 Å². The molecule has 2 saturated heterocycles. The number of carbonyl (C=O) groups is 2. The van der Waals surface area contributed by atoms with E-state index in [1.165, 1.54) is 27.9 Å². The summed E-state index contributed by atoms with van der Waals surface area (Å²) in [5, 5.41) is 24.4. The summed E-state index contributed by atoms with van der Waals surface area (Å²) in [6, 6.07) is -0.364. The molecule has 0 spiro atoms. The Hall–Kier alpha value is -1.14. The van der Waals surface area contributed by atoms with Crippen LogP contribution in [0, 0.1) is 11.8 Å². The highest BCUT2D eigenvalue weighted by Crippen LogP contribution is 2.51. The van der Waals surface area contributed by atoms with Gasteiger partial charge in [0, 0.05) is 29.2 Å². The number of carboxylic acids is 1. The summed E-state index contributed by atoms with van der Waals surface area (Å²) in [5.41, 5.74) is -0.0431. The first-order valence-corrected chi connectivity index (χ1v) is 10.4. The van der Waals surface area contributed by atoms with Gasteiger partial charge in [0.25, 0.3) is 10.2 Å². The number of rotatable bonds is 5.